The molecule has 0 aliphatic rings. The van der Waals surface area contributed by atoms with Crippen LogP contribution >= 0.6 is 0 Å². The number of carbonyl (C=O) groups excluding carboxylic acids is 1. The van der Waals surface area contributed by atoms with E-state index in [0.717, 1.165) is 11.8 Å². The Morgan fingerprint density at radius 2 is 2.21 bits per heavy atom. The van der Waals surface area contributed by atoms with Crippen LogP contribution in [0.25, 0.3) is 0 Å². The number of halogens is 2. The van der Waals surface area contributed by atoms with Gasteiger partial charge in [0, 0.05) is 6.42 Å². The Morgan fingerprint density at radius 1 is 1.50 bits per heavy atom. The van der Waals surface area contributed by atoms with Crippen LogP contribution in [0.4, 0.5) is 8.78 Å². The molecular weight excluding hydrogens is 190 g/mol. The molecule has 0 saturated carbocycles. The van der Waals surface area contributed by atoms with Crippen LogP contribution in [0.15, 0.2) is 18.2 Å². The van der Waals surface area contributed by atoms with Gasteiger partial charge in [-0.05, 0) is 24.1 Å². The number of hydrogen-bond donors (Lipinski definition) is 0. The third-order valence-corrected chi connectivity index (χ3v) is 1.77. The van der Waals surface area contributed by atoms with E-state index in [4.69, 9.17) is 0 Å². The number of aldehydes is 1. The van der Waals surface area contributed by atoms with Gasteiger partial charge in [-0.1, -0.05) is 12.1 Å². The molecule has 0 aliphatic heterocycles. The molecule has 0 spiro atoms. The molecule has 0 radical (unpaired) electrons. The molecular formula is C10H10F2O2. The standard InChI is InChI=1S/C10H10F2O2/c1-7-6-8(4-5-13)2-3-9(7)14-10(11)12/h2-3,5-6,10H,4H2,1H3. The van der Waals surface area contributed by atoms with Crippen molar-refractivity contribution in [1.29, 1.82) is 0 Å². The molecule has 0 heterocycles. The van der Waals surface area contributed by atoms with Gasteiger partial charge in [-0.25, -0.2) is 0 Å². The molecule has 1 aromatic carbocycles. The Labute approximate surface area is 80.5 Å². The first-order valence-corrected chi connectivity index (χ1v) is 4.11. The minimum atomic E-state index is -2.81. The molecule has 0 aliphatic carbocycles. The molecule has 0 aromatic heterocycles. The summed E-state index contributed by atoms with van der Waals surface area (Å²) < 4.78 is 28.0. The molecule has 4 heteroatoms. The summed E-state index contributed by atoms with van der Waals surface area (Å²) in [6.07, 6.45) is 1.05. The van der Waals surface area contributed by atoms with Crippen LogP contribution in [0.3, 0.4) is 0 Å². The van der Waals surface area contributed by atoms with Gasteiger partial charge in [0.05, 0.1) is 0 Å². The second-order valence-electron chi connectivity index (χ2n) is 2.85. The largest absolute Gasteiger partial charge is 0.435 e. The molecule has 0 atom stereocenters. The zero-order valence-corrected chi connectivity index (χ0v) is 7.67. The number of aryl methyl sites for hydroxylation is 1. The van der Waals surface area contributed by atoms with E-state index >= 15 is 0 Å². The van der Waals surface area contributed by atoms with Gasteiger partial charge in [-0.2, -0.15) is 8.78 Å². The van der Waals surface area contributed by atoms with E-state index in [9.17, 15) is 13.6 Å². The van der Waals surface area contributed by atoms with Crippen molar-refractivity contribution >= 4 is 6.29 Å². The molecule has 0 N–H and O–H groups in total. The summed E-state index contributed by atoms with van der Waals surface area (Å²) in [7, 11) is 0. The Kier molecular flexibility index (Phi) is 3.56. The highest BCUT2D eigenvalue weighted by molar-refractivity contribution is 5.55. The van der Waals surface area contributed by atoms with E-state index in [0.29, 0.717) is 5.56 Å². The summed E-state index contributed by atoms with van der Waals surface area (Å²) in [6, 6.07) is 4.70. The van der Waals surface area contributed by atoms with Crippen LogP contribution in [0.1, 0.15) is 11.1 Å². The van der Waals surface area contributed by atoms with Crippen molar-refractivity contribution in [3.63, 3.8) is 0 Å². The third kappa shape index (κ3) is 2.80. The van der Waals surface area contributed by atoms with E-state index in [2.05, 4.69) is 4.74 Å². The Balaban J connectivity index is 2.83. The summed E-state index contributed by atoms with van der Waals surface area (Å²) in [5.74, 6) is 0.148. The molecule has 2 nitrogen and oxygen atoms in total. The first kappa shape index (κ1) is 10.6. The van der Waals surface area contributed by atoms with Crippen molar-refractivity contribution in [2.75, 3.05) is 0 Å². The summed E-state index contributed by atoms with van der Waals surface area (Å²) >= 11 is 0. The highest BCUT2D eigenvalue weighted by atomic mass is 19.3. The van der Waals surface area contributed by atoms with Gasteiger partial charge in [-0.3, -0.25) is 0 Å². The number of rotatable bonds is 4. The lowest BCUT2D eigenvalue weighted by Gasteiger charge is -2.08. The lowest BCUT2D eigenvalue weighted by Crippen LogP contribution is -2.03. The Morgan fingerprint density at radius 3 is 2.71 bits per heavy atom. The van der Waals surface area contributed by atoms with E-state index in [1.165, 1.54) is 6.07 Å². The van der Waals surface area contributed by atoms with Crippen molar-refractivity contribution < 1.29 is 18.3 Å². The van der Waals surface area contributed by atoms with Gasteiger partial charge in [0.1, 0.15) is 12.0 Å². The van der Waals surface area contributed by atoms with Crippen LogP contribution in [-0.4, -0.2) is 12.9 Å². The van der Waals surface area contributed by atoms with Gasteiger partial charge in [0.25, 0.3) is 0 Å². The SMILES string of the molecule is Cc1cc(CC=O)ccc1OC(F)F. The lowest BCUT2D eigenvalue weighted by molar-refractivity contribution is -0.107. The van der Waals surface area contributed by atoms with E-state index < -0.39 is 6.61 Å². The molecule has 0 fully saturated rings. The monoisotopic (exact) mass is 200 g/mol. The predicted octanol–water partition coefficient (Wildman–Crippen LogP) is 2.34. The van der Waals surface area contributed by atoms with Crippen molar-refractivity contribution in [2.24, 2.45) is 0 Å². The number of alkyl halides is 2. The predicted molar refractivity (Wildman–Crippen MR) is 47.6 cm³/mol. The topological polar surface area (TPSA) is 26.3 Å². The maximum absolute atomic E-state index is 11.9. The highest BCUT2D eigenvalue weighted by Gasteiger charge is 2.07. The first-order chi connectivity index (χ1) is 6.63. The fraction of sp³-hybridized carbons (Fsp3) is 0.300. The average Bonchev–Trinajstić information content (AvgIpc) is 2.10. The second kappa shape index (κ2) is 4.69. The fourth-order valence-corrected chi connectivity index (χ4v) is 1.16. The third-order valence-electron chi connectivity index (χ3n) is 1.77. The van der Waals surface area contributed by atoms with Crippen molar-refractivity contribution in [3.05, 3.63) is 29.3 Å². The van der Waals surface area contributed by atoms with Crippen LogP contribution in [0.5, 0.6) is 5.75 Å². The minimum absolute atomic E-state index is 0.148. The number of carbonyl (C=O) groups is 1. The normalized spacial score (nSPS) is 10.3. The summed E-state index contributed by atoms with van der Waals surface area (Å²) in [6.45, 7) is -1.16. The summed E-state index contributed by atoms with van der Waals surface area (Å²) in [5.41, 5.74) is 1.39. The second-order valence-corrected chi connectivity index (χ2v) is 2.85. The van der Waals surface area contributed by atoms with Gasteiger partial charge in [0.15, 0.2) is 0 Å². The Hall–Kier alpha value is -1.45. The van der Waals surface area contributed by atoms with E-state index in [1.807, 2.05) is 0 Å². The van der Waals surface area contributed by atoms with Crippen molar-refractivity contribution in [3.8, 4) is 5.75 Å². The molecule has 1 rings (SSSR count). The minimum Gasteiger partial charge on any atom is -0.435 e. The molecule has 0 bridgehead atoms. The number of hydrogen-bond acceptors (Lipinski definition) is 2. The van der Waals surface area contributed by atoms with Crippen LogP contribution in [0, 0.1) is 6.92 Å². The van der Waals surface area contributed by atoms with E-state index in [1.54, 1.807) is 19.1 Å². The van der Waals surface area contributed by atoms with Gasteiger partial charge in [-0.15, -0.1) is 0 Å². The zero-order chi connectivity index (χ0) is 10.6. The summed E-state index contributed by atoms with van der Waals surface area (Å²) in [4.78, 5) is 10.2. The average molecular weight is 200 g/mol. The van der Waals surface area contributed by atoms with Crippen molar-refractivity contribution in [2.45, 2.75) is 20.0 Å². The summed E-state index contributed by atoms with van der Waals surface area (Å²) in [5, 5.41) is 0. The lowest BCUT2D eigenvalue weighted by atomic mass is 10.1. The quantitative estimate of drug-likeness (QED) is 0.697. The van der Waals surface area contributed by atoms with E-state index in [-0.39, 0.29) is 12.2 Å². The van der Waals surface area contributed by atoms with Crippen LogP contribution < -0.4 is 4.74 Å². The molecule has 76 valence electrons. The van der Waals surface area contributed by atoms with Crippen LogP contribution in [-0.2, 0) is 11.2 Å². The van der Waals surface area contributed by atoms with Gasteiger partial charge >= 0.3 is 6.61 Å². The van der Waals surface area contributed by atoms with Gasteiger partial charge < -0.3 is 9.53 Å². The van der Waals surface area contributed by atoms with Crippen molar-refractivity contribution in [1.82, 2.24) is 0 Å². The fourth-order valence-electron chi connectivity index (χ4n) is 1.16. The van der Waals surface area contributed by atoms with Crippen LogP contribution in [0.2, 0.25) is 0 Å². The Bertz CT molecular complexity index is 324. The first-order valence-electron chi connectivity index (χ1n) is 4.11. The maximum atomic E-state index is 11.9. The molecule has 14 heavy (non-hydrogen) atoms. The smallest absolute Gasteiger partial charge is 0.387 e. The number of ether oxygens (including phenoxy) is 1. The van der Waals surface area contributed by atoms with Gasteiger partial charge in [0.2, 0.25) is 0 Å². The number of benzene rings is 1. The highest BCUT2D eigenvalue weighted by Crippen LogP contribution is 2.20. The molecule has 0 saturated heterocycles. The zero-order valence-electron chi connectivity index (χ0n) is 7.67. The molecule has 0 amide bonds. The molecule has 1 aromatic rings. The maximum Gasteiger partial charge on any atom is 0.387 e. The molecule has 0 unspecified atom stereocenters.